The van der Waals surface area contributed by atoms with E-state index in [4.69, 9.17) is 15.1 Å². The predicted molar refractivity (Wildman–Crippen MR) is 133 cm³/mol. The quantitative estimate of drug-likeness (QED) is 0.169. The maximum absolute atomic E-state index is 12.7. The Kier molecular flexibility index (Phi) is 8.12. The largest absolute Gasteiger partial charge is 0.432 e. The maximum Gasteiger partial charge on any atom is 0.432 e. The van der Waals surface area contributed by atoms with Crippen molar-refractivity contribution in [3.63, 3.8) is 0 Å². The summed E-state index contributed by atoms with van der Waals surface area (Å²) < 4.78 is 19.7. The third-order valence-corrected chi connectivity index (χ3v) is 6.85. The van der Waals surface area contributed by atoms with Crippen LogP contribution in [-0.4, -0.2) is 43.0 Å². The molecule has 13 heteroatoms. The van der Waals surface area contributed by atoms with Crippen molar-refractivity contribution in [1.29, 1.82) is 0 Å². The van der Waals surface area contributed by atoms with Crippen molar-refractivity contribution < 1.29 is 23.6 Å². The van der Waals surface area contributed by atoms with Crippen LogP contribution in [0.4, 0.5) is 5.82 Å². The Morgan fingerprint density at radius 2 is 2.03 bits per heavy atom. The van der Waals surface area contributed by atoms with Gasteiger partial charge in [0.15, 0.2) is 11.5 Å². The van der Waals surface area contributed by atoms with Crippen LogP contribution < -0.4 is 16.3 Å². The van der Waals surface area contributed by atoms with E-state index in [1.807, 2.05) is 47.1 Å². The Hall–Kier alpha value is -3.15. The van der Waals surface area contributed by atoms with Crippen molar-refractivity contribution in [2.75, 3.05) is 12.3 Å². The fraction of sp³-hybridized carbons (Fsp3) is 0.391. The molecule has 0 spiro atoms. The van der Waals surface area contributed by atoms with E-state index < -0.39 is 19.7 Å². The highest BCUT2D eigenvalue weighted by Crippen LogP contribution is 2.40. The zero-order chi connectivity index (χ0) is 25.7. The third-order valence-electron chi connectivity index (χ3n) is 5.85. The van der Waals surface area contributed by atoms with E-state index in [1.165, 1.54) is 6.33 Å². The zero-order valence-corrected chi connectivity index (χ0v) is 20.9. The van der Waals surface area contributed by atoms with Crippen molar-refractivity contribution in [1.82, 2.24) is 30.1 Å². The first-order valence-electron chi connectivity index (χ1n) is 11.6. The van der Waals surface area contributed by atoms with Gasteiger partial charge < -0.3 is 15.2 Å². The van der Waals surface area contributed by atoms with Gasteiger partial charge in [0.1, 0.15) is 17.9 Å². The van der Waals surface area contributed by atoms with Gasteiger partial charge in [0, 0.05) is 5.92 Å². The third kappa shape index (κ3) is 6.34. The van der Waals surface area contributed by atoms with Gasteiger partial charge in [-0.3, -0.25) is 19.2 Å². The van der Waals surface area contributed by atoms with Gasteiger partial charge in [-0.25, -0.2) is 19.5 Å². The first-order valence-corrected chi connectivity index (χ1v) is 13.1. The molecule has 2 heterocycles. The summed E-state index contributed by atoms with van der Waals surface area (Å²) in [6, 6.07) is 8.53. The Bertz CT molecular complexity index is 1270. The number of nitrogens with zero attached hydrogens (tertiary/aromatic N) is 4. The number of benzene rings is 1. The number of aromatic nitrogens is 4. The van der Waals surface area contributed by atoms with Gasteiger partial charge in [-0.05, 0) is 17.9 Å². The van der Waals surface area contributed by atoms with Crippen LogP contribution in [0.1, 0.15) is 31.9 Å². The number of amides is 1. The van der Waals surface area contributed by atoms with E-state index in [-0.39, 0.29) is 31.1 Å². The number of rotatable bonds is 11. The molecule has 1 aliphatic carbocycles. The minimum absolute atomic E-state index is 0.0465. The van der Waals surface area contributed by atoms with E-state index in [2.05, 4.69) is 25.5 Å². The van der Waals surface area contributed by atoms with Crippen molar-refractivity contribution in [3.8, 4) is 0 Å². The smallest absolute Gasteiger partial charge is 0.382 e. The number of hydrogen-bond donors (Lipinski definition) is 4. The summed E-state index contributed by atoms with van der Waals surface area (Å²) in [5.41, 5.74) is 10.6. The average molecular weight is 516 g/mol. The standard InChI is InChI=1S/C23H30N7O5P/c1-15(2)19(28-34-11-16-6-4-3-5-7-16)23(31)29-36(32,33)35-12-17-8-9-18(10-17)30-14-27-20-21(24)25-13-26-22(20)30/h3-9,13-15,17-19,28H,10-12H2,1-2H3,(H2,24,25,26)(H2,29,31,32,33)/t17-,18+,19-/m0/s1. The molecule has 0 saturated carbocycles. The summed E-state index contributed by atoms with van der Waals surface area (Å²) in [4.78, 5) is 40.9. The summed E-state index contributed by atoms with van der Waals surface area (Å²) in [6.07, 6.45) is 7.48. The van der Waals surface area contributed by atoms with Gasteiger partial charge in [-0.1, -0.05) is 56.3 Å². The number of imidazole rings is 1. The van der Waals surface area contributed by atoms with Crippen LogP contribution in [0.15, 0.2) is 55.1 Å². The van der Waals surface area contributed by atoms with E-state index >= 15 is 0 Å². The lowest BCUT2D eigenvalue weighted by Gasteiger charge is -2.23. The molecule has 36 heavy (non-hydrogen) atoms. The molecule has 4 atom stereocenters. The second-order valence-corrected chi connectivity index (χ2v) is 10.5. The second-order valence-electron chi connectivity index (χ2n) is 8.94. The highest BCUT2D eigenvalue weighted by molar-refractivity contribution is 7.51. The molecular weight excluding hydrogens is 485 g/mol. The number of hydrogen-bond acceptors (Lipinski definition) is 9. The number of hydroxylamine groups is 1. The van der Waals surface area contributed by atoms with Gasteiger partial charge in [-0.2, -0.15) is 5.48 Å². The lowest BCUT2D eigenvalue weighted by molar-refractivity contribution is -0.128. The predicted octanol–water partition coefficient (Wildman–Crippen LogP) is 2.50. The molecule has 0 aliphatic heterocycles. The molecular formula is C23H30N7O5P. The van der Waals surface area contributed by atoms with Gasteiger partial charge in [0.25, 0.3) is 0 Å². The molecule has 12 nitrogen and oxygen atoms in total. The molecule has 1 amide bonds. The second kappa shape index (κ2) is 11.3. The van der Waals surface area contributed by atoms with Gasteiger partial charge >= 0.3 is 7.75 Å². The molecule has 192 valence electrons. The average Bonchev–Trinajstić information content (AvgIpc) is 3.48. The minimum atomic E-state index is -4.40. The van der Waals surface area contributed by atoms with Crippen molar-refractivity contribution >= 4 is 30.6 Å². The highest BCUT2D eigenvalue weighted by atomic mass is 31.2. The number of anilines is 1. The molecule has 4 rings (SSSR count). The van der Waals surface area contributed by atoms with Crippen LogP contribution in [-0.2, 0) is 25.3 Å². The number of fused-ring (bicyclic) bond motifs is 1. The number of carbonyl (C=O) groups excluding carboxylic acids is 1. The number of nitrogen functional groups attached to an aromatic ring is 1. The molecule has 0 bridgehead atoms. The number of carbonyl (C=O) groups is 1. The molecule has 3 aromatic rings. The molecule has 1 aromatic carbocycles. The minimum Gasteiger partial charge on any atom is -0.382 e. The molecule has 0 saturated heterocycles. The Balaban J connectivity index is 1.27. The highest BCUT2D eigenvalue weighted by Gasteiger charge is 2.32. The number of allylic oxidation sites excluding steroid dienone is 1. The van der Waals surface area contributed by atoms with E-state index in [0.29, 0.717) is 23.4 Å². The zero-order valence-electron chi connectivity index (χ0n) is 20.0. The van der Waals surface area contributed by atoms with Gasteiger partial charge in [0.05, 0.1) is 25.6 Å². The van der Waals surface area contributed by atoms with Gasteiger partial charge in [-0.15, -0.1) is 0 Å². The molecule has 1 aliphatic rings. The van der Waals surface area contributed by atoms with Crippen molar-refractivity contribution in [2.24, 2.45) is 11.8 Å². The van der Waals surface area contributed by atoms with E-state index in [0.717, 1.165) is 5.56 Å². The lowest BCUT2D eigenvalue weighted by Crippen LogP contribution is -2.46. The Morgan fingerprint density at radius 1 is 1.25 bits per heavy atom. The Morgan fingerprint density at radius 3 is 2.78 bits per heavy atom. The summed E-state index contributed by atoms with van der Waals surface area (Å²) in [7, 11) is -4.40. The van der Waals surface area contributed by atoms with E-state index in [1.54, 1.807) is 20.2 Å². The van der Waals surface area contributed by atoms with Crippen molar-refractivity contribution in [3.05, 3.63) is 60.7 Å². The molecule has 0 fully saturated rings. The molecule has 0 radical (unpaired) electrons. The first-order chi connectivity index (χ1) is 17.2. The number of nitrogens with two attached hydrogens (primary N) is 1. The maximum atomic E-state index is 12.7. The summed E-state index contributed by atoms with van der Waals surface area (Å²) in [6.45, 7) is 3.79. The van der Waals surface area contributed by atoms with Crippen LogP contribution in [0, 0.1) is 11.8 Å². The van der Waals surface area contributed by atoms with Crippen LogP contribution in [0.25, 0.3) is 11.2 Å². The normalized spacial score (nSPS) is 20.0. The lowest BCUT2D eigenvalue weighted by atomic mass is 10.1. The number of nitrogens with one attached hydrogen (secondary N) is 2. The van der Waals surface area contributed by atoms with Crippen LogP contribution >= 0.6 is 7.75 Å². The van der Waals surface area contributed by atoms with Crippen LogP contribution in [0.2, 0.25) is 0 Å². The fourth-order valence-electron chi connectivity index (χ4n) is 3.91. The van der Waals surface area contributed by atoms with Crippen LogP contribution in [0.5, 0.6) is 0 Å². The SMILES string of the molecule is CC(C)[C@H](NOCc1ccccc1)C(=O)NP(=O)(O)OC[C@H]1C=C[C@@H](n2cnc3c(N)ncnc32)C1. The molecule has 2 aromatic heterocycles. The van der Waals surface area contributed by atoms with Crippen LogP contribution in [0.3, 0.4) is 0 Å². The summed E-state index contributed by atoms with van der Waals surface area (Å²) >= 11 is 0. The summed E-state index contributed by atoms with van der Waals surface area (Å²) in [5.74, 6) is -0.734. The van der Waals surface area contributed by atoms with E-state index in [9.17, 15) is 14.3 Å². The Labute approximate surface area is 208 Å². The van der Waals surface area contributed by atoms with Crippen molar-refractivity contribution in [2.45, 2.75) is 39.0 Å². The topological polar surface area (TPSA) is 167 Å². The summed E-state index contributed by atoms with van der Waals surface area (Å²) in [5, 5.41) is 2.12. The molecule has 5 N–H and O–H groups in total. The first kappa shape index (κ1) is 25.9. The fourth-order valence-corrected chi connectivity index (χ4v) is 4.79. The monoisotopic (exact) mass is 515 g/mol. The molecule has 1 unspecified atom stereocenters. The van der Waals surface area contributed by atoms with Gasteiger partial charge in [0.2, 0.25) is 5.91 Å².